The van der Waals surface area contributed by atoms with Crippen LogP contribution in [0, 0.1) is 3.57 Å². The van der Waals surface area contributed by atoms with Gasteiger partial charge in [-0.15, -0.1) is 11.6 Å². The highest BCUT2D eigenvalue weighted by atomic mass is 127. The number of nitrogens with zero attached hydrogens (tertiary/aromatic N) is 1. The topological polar surface area (TPSA) is 38.4 Å². The molecule has 0 spiro atoms. The number of hydrogen-bond acceptors (Lipinski definition) is 1. The van der Waals surface area contributed by atoms with Crippen molar-refractivity contribution in [2.24, 2.45) is 10.7 Å². The van der Waals surface area contributed by atoms with Crippen LogP contribution in [0.15, 0.2) is 23.2 Å². The molecule has 0 aliphatic rings. The quantitative estimate of drug-likeness (QED) is 0.395. The number of halogens is 2. The average Bonchev–Trinajstić information content (AvgIpc) is 2.20. The van der Waals surface area contributed by atoms with Gasteiger partial charge in [-0.3, -0.25) is 0 Å². The third-order valence-corrected chi connectivity index (χ3v) is 2.77. The van der Waals surface area contributed by atoms with E-state index in [1.54, 1.807) is 0 Å². The summed E-state index contributed by atoms with van der Waals surface area (Å²) >= 11 is 7.85. The van der Waals surface area contributed by atoms with Crippen LogP contribution in [0.2, 0.25) is 0 Å². The molecule has 0 amide bonds. The molecule has 0 heterocycles. The molecular formula is C10H12ClIN2. The molecule has 0 atom stereocenters. The molecule has 0 radical (unpaired) electrons. The molecule has 14 heavy (non-hydrogen) atoms. The highest BCUT2D eigenvalue weighted by Crippen LogP contribution is 2.22. The third kappa shape index (κ3) is 3.13. The summed E-state index contributed by atoms with van der Waals surface area (Å²) < 4.78 is 1.21. The van der Waals surface area contributed by atoms with Crippen molar-refractivity contribution in [3.63, 3.8) is 0 Å². The molecule has 0 saturated heterocycles. The number of rotatable bonds is 3. The largest absolute Gasteiger partial charge is 0.386 e. The minimum atomic E-state index is 0.273. The van der Waals surface area contributed by atoms with E-state index in [1.165, 1.54) is 9.13 Å². The zero-order valence-electron chi connectivity index (χ0n) is 7.93. The SMILES string of the molecule is CCc1cc(I)ccc1N=C(N)CCl. The van der Waals surface area contributed by atoms with Crippen molar-refractivity contribution in [2.75, 3.05) is 5.88 Å². The van der Waals surface area contributed by atoms with Crippen molar-refractivity contribution in [3.8, 4) is 0 Å². The van der Waals surface area contributed by atoms with Crippen LogP contribution in [0.3, 0.4) is 0 Å². The molecular weight excluding hydrogens is 310 g/mol. The van der Waals surface area contributed by atoms with Gasteiger partial charge < -0.3 is 5.73 Å². The fourth-order valence-corrected chi connectivity index (χ4v) is 1.75. The van der Waals surface area contributed by atoms with Crippen molar-refractivity contribution in [1.29, 1.82) is 0 Å². The van der Waals surface area contributed by atoms with Crippen LogP contribution in [0.5, 0.6) is 0 Å². The molecule has 1 aromatic carbocycles. The summed E-state index contributed by atoms with van der Waals surface area (Å²) in [7, 11) is 0. The van der Waals surface area contributed by atoms with Crippen LogP contribution in [0.25, 0.3) is 0 Å². The maximum Gasteiger partial charge on any atom is 0.115 e. The van der Waals surface area contributed by atoms with Gasteiger partial charge in [-0.05, 0) is 52.8 Å². The standard InChI is InChI=1S/C10H12ClIN2/c1-2-7-5-8(12)3-4-9(7)14-10(13)6-11/h3-5H,2,6H2,1H3,(H2,13,14). The maximum atomic E-state index is 5.58. The van der Waals surface area contributed by atoms with E-state index in [9.17, 15) is 0 Å². The maximum absolute atomic E-state index is 5.58. The fraction of sp³-hybridized carbons (Fsp3) is 0.300. The fourth-order valence-electron chi connectivity index (χ4n) is 1.13. The molecule has 1 rings (SSSR count). The third-order valence-electron chi connectivity index (χ3n) is 1.82. The summed E-state index contributed by atoms with van der Waals surface area (Å²) in [5.74, 6) is 0.734. The molecule has 0 fully saturated rings. The summed E-state index contributed by atoms with van der Waals surface area (Å²) in [5.41, 5.74) is 7.70. The van der Waals surface area contributed by atoms with E-state index in [0.29, 0.717) is 5.84 Å². The number of alkyl halides is 1. The Labute approximate surface area is 103 Å². The second-order valence-electron chi connectivity index (χ2n) is 2.86. The summed E-state index contributed by atoms with van der Waals surface area (Å²) in [6, 6.07) is 6.10. The van der Waals surface area contributed by atoms with Gasteiger partial charge in [-0.25, -0.2) is 4.99 Å². The number of aryl methyl sites for hydroxylation is 1. The molecule has 2 N–H and O–H groups in total. The Morgan fingerprint density at radius 1 is 1.57 bits per heavy atom. The molecule has 0 unspecified atom stereocenters. The van der Waals surface area contributed by atoms with Crippen LogP contribution in [-0.2, 0) is 6.42 Å². The lowest BCUT2D eigenvalue weighted by Crippen LogP contribution is -2.12. The molecule has 76 valence electrons. The first-order chi connectivity index (χ1) is 6.67. The molecule has 0 aliphatic carbocycles. The summed E-state index contributed by atoms with van der Waals surface area (Å²) in [6.45, 7) is 2.10. The van der Waals surface area contributed by atoms with E-state index in [-0.39, 0.29) is 5.88 Å². The van der Waals surface area contributed by atoms with Gasteiger partial charge in [0.1, 0.15) is 5.84 Å². The van der Waals surface area contributed by atoms with Gasteiger partial charge in [0.2, 0.25) is 0 Å². The van der Waals surface area contributed by atoms with Crippen molar-refractivity contribution in [2.45, 2.75) is 13.3 Å². The van der Waals surface area contributed by atoms with Gasteiger partial charge in [-0.2, -0.15) is 0 Å². The molecule has 0 saturated carbocycles. The van der Waals surface area contributed by atoms with Crippen LogP contribution in [0.4, 0.5) is 5.69 Å². The second kappa shape index (κ2) is 5.56. The smallest absolute Gasteiger partial charge is 0.115 e. The number of hydrogen-bond donors (Lipinski definition) is 1. The Kier molecular flexibility index (Phi) is 4.68. The van der Waals surface area contributed by atoms with Crippen LogP contribution < -0.4 is 5.73 Å². The lowest BCUT2D eigenvalue weighted by molar-refractivity contribution is 1.13. The Bertz CT molecular complexity index is 350. The highest BCUT2D eigenvalue weighted by molar-refractivity contribution is 14.1. The first-order valence-corrected chi connectivity index (χ1v) is 5.96. The van der Waals surface area contributed by atoms with Crippen LogP contribution in [-0.4, -0.2) is 11.7 Å². The van der Waals surface area contributed by atoms with Gasteiger partial charge in [0.25, 0.3) is 0 Å². The molecule has 0 aromatic heterocycles. The van der Waals surface area contributed by atoms with Crippen LogP contribution in [0.1, 0.15) is 12.5 Å². The van der Waals surface area contributed by atoms with Crippen molar-refractivity contribution in [3.05, 3.63) is 27.3 Å². The van der Waals surface area contributed by atoms with Gasteiger partial charge in [0, 0.05) is 3.57 Å². The van der Waals surface area contributed by atoms with Gasteiger partial charge in [0.15, 0.2) is 0 Å². The minimum absolute atomic E-state index is 0.273. The molecule has 0 bridgehead atoms. The summed E-state index contributed by atoms with van der Waals surface area (Å²) in [5, 5.41) is 0. The lowest BCUT2D eigenvalue weighted by atomic mass is 10.1. The Balaban J connectivity index is 3.08. The van der Waals surface area contributed by atoms with Gasteiger partial charge in [-0.1, -0.05) is 6.92 Å². The zero-order chi connectivity index (χ0) is 10.6. The normalized spacial score (nSPS) is 11.8. The molecule has 2 nitrogen and oxygen atoms in total. The Hall–Kier alpha value is -0.290. The Morgan fingerprint density at radius 3 is 2.86 bits per heavy atom. The lowest BCUT2D eigenvalue weighted by Gasteiger charge is -2.04. The number of nitrogens with two attached hydrogens (primary N) is 1. The zero-order valence-corrected chi connectivity index (χ0v) is 10.8. The second-order valence-corrected chi connectivity index (χ2v) is 4.38. The van der Waals surface area contributed by atoms with E-state index < -0.39 is 0 Å². The van der Waals surface area contributed by atoms with E-state index >= 15 is 0 Å². The summed E-state index contributed by atoms with van der Waals surface area (Å²) in [6.07, 6.45) is 0.950. The van der Waals surface area contributed by atoms with Gasteiger partial charge >= 0.3 is 0 Å². The monoisotopic (exact) mass is 322 g/mol. The van der Waals surface area contributed by atoms with Crippen molar-refractivity contribution < 1.29 is 0 Å². The van der Waals surface area contributed by atoms with Crippen molar-refractivity contribution in [1.82, 2.24) is 0 Å². The van der Waals surface area contributed by atoms with E-state index in [2.05, 4.69) is 40.6 Å². The van der Waals surface area contributed by atoms with E-state index in [4.69, 9.17) is 17.3 Å². The van der Waals surface area contributed by atoms with E-state index in [1.807, 2.05) is 12.1 Å². The number of benzene rings is 1. The number of aliphatic imine (C=N–C) groups is 1. The first-order valence-electron chi connectivity index (χ1n) is 4.34. The Morgan fingerprint density at radius 2 is 2.29 bits per heavy atom. The first kappa shape index (κ1) is 11.8. The average molecular weight is 323 g/mol. The minimum Gasteiger partial charge on any atom is -0.386 e. The molecule has 1 aromatic rings. The summed E-state index contributed by atoms with van der Waals surface area (Å²) in [4.78, 5) is 4.25. The predicted octanol–water partition coefficient (Wildman–Crippen LogP) is 3.08. The molecule has 4 heteroatoms. The van der Waals surface area contributed by atoms with E-state index in [0.717, 1.165) is 12.1 Å². The van der Waals surface area contributed by atoms with Crippen molar-refractivity contribution >= 4 is 45.7 Å². The molecule has 0 aliphatic heterocycles. The highest BCUT2D eigenvalue weighted by Gasteiger charge is 2.00. The van der Waals surface area contributed by atoms with Crippen LogP contribution >= 0.6 is 34.2 Å². The predicted molar refractivity (Wildman–Crippen MR) is 70.5 cm³/mol. The number of amidine groups is 1. The van der Waals surface area contributed by atoms with Gasteiger partial charge in [0.05, 0.1) is 11.6 Å².